The summed E-state index contributed by atoms with van der Waals surface area (Å²) in [5, 5.41) is 2.71. The van der Waals surface area contributed by atoms with Crippen molar-refractivity contribution in [1.29, 1.82) is 0 Å². The first-order chi connectivity index (χ1) is 18.2. The van der Waals surface area contributed by atoms with E-state index < -0.39 is 17.6 Å². The zero-order valence-corrected chi connectivity index (χ0v) is 21.5. The van der Waals surface area contributed by atoms with Crippen LogP contribution in [0.5, 0.6) is 0 Å². The molecule has 10 heteroatoms. The number of hydrogen-bond acceptors (Lipinski definition) is 6. The third-order valence-electron chi connectivity index (χ3n) is 7.35. The number of carbonyl (C=O) groups excluding carboxylic acids is 1. The van der Waals surface area contributed by atoms with Crippen molar-refractivity contribution in [1.82, 2.24) is 19.8 Å². The van der Waals surface area contributed by atoms with Crippen LogP contribution in [0.2, 0.25) is 0 Å². The van der Waals surface area contributed by atoms with Crippen LogP contribution in [0.3, 0.4) is 0 Å². The van der Waals surface area contributed by atoms with Gasteiger partial charge in [0.25, 0.3) is 5.91 Å². The number of amides is 1. The molecule has 1 saturated heterocycles. The third-order valence-corrected chi connectivity index (χ3v) is 7.35. The van der Waals surface area contributed by atoms with Crippen LogP contribution in [-0.4, -0.2) is 65.4 Å². The van der Waals surface area contributed by atoms with Crippen LogP contribution in [0, 0.1) is 0 Å². The molecule has 1 amide bonds. The summed E-state index contributed by atoms with van der Waals surface area (Å²) in [5.41, 5.74) is 3.37. The van der Waals surface area contributed by atoms with E-state index in [0.29, 0.717) is 30.3 Å². The molecule has 38 heavy (non-hydrogen) atoms. The molecule has 2 aromatic carbocycles. The van der Waals surface area contributed by atoms with Crippen LogP contribution in [0.1, 0.15) is 39.0 Å². The lowest BCUT2D eigenvalue weighted by atomic mass is 9.97. The van der Waals surface area contributed by atoms with Gasteiger partial charge in [-0.2, -0.15) is 13.2 Å². The number of halogens is 3. The fourth-order valence-electron chi connectivity index (χ4n) is 5.23. The quantitative estimate of drug-likeness (QED) is 0.514. The van der Waals surface area contributed by atoms with Crippen molar-refractivity contribution >= 4 is 17.3 Å². The Bertz CT molecular complexity index is 1300. The summed E-state index contributed by atoms with van der Waals surface area (Å²) < 4.78 is 41.1. The summed E-state index contributed by atoms with van der Waals surface area (Å²) in [6.45, 7) is 3.43. The normalized spacial score (nSPS) is 18.1. The highest BCUT2D eigenvalue weighted by atomic mass is 19.4. The molecule has 2 aliphatic rings. The number of aromatic nitrogens is 2. The summed E-state index contributed by atoms with van der Waals surface area (Å²) in [6, 6.07) is 9.69. The fraction of sp³-hybridized carbons (Fsp3) is 0.393. The number of rotatable bonds is 6. The Morgan fingerprint density at radius 3 is 2.58 bits per heavy atom. The molecule has 1 N–H and O–H groups in total. The summed E-state index contributed by atoms with van der Waals surface area (Å²) >= 11 is 0. The number of nitrogens with one attached hydrogen (secondary N) is 1. The van der Waals surface area contributed by atoms with Gasteiger partial charge in [0.2, 0.25) is 0 Å². The number of hydrogen-bond donors (Lipinski definition) is 1. The van der Waals surface area contributed by atoms with Gasteiger partial charge < -0.3 is 15.1 Å². The summed E-state index contributed by atoms with van der Waals surface area (Å²) in [4.78, 5) is 27.7. The molecule has 200 valence electrons. The van der Waals surface area contributed by atoms with E-state index in [9.17, 15) is 18.0 Å². The second kappa shape index (κ2) is 10.7. The van der Waals surface area contributed by atoms with Crippen molar-refractivity contribution in [2.45, 2.75) is 38.1 Å². The van der Waals surface area contributed by atoms with Crippen molar-refractivity contribution in [2.24, 2.45) is 0 Å². The summed E-state index contributed by atoms with van der Waals surface area (Å²) in [6.07, 6.45) is 2.26. The van der Waals surface area contributed by atoms with E-state index in [1.807, 2.05) is 26.2 Å². The highest BCUT2D eigenvalue weighted by Gasteiger charge is 2.32. The van der Waals surface area contributed by atoms with Gasteiger partial charge in [-0.05, 0) is 74.0 Å². The van der Waals surface area contributed by atoms with Crippen LogP contribution >= 0.6 is 0 Å². The molecule has 0 unspecified atom stereocenters. The lowest BCUT2D eigenvalue weighted by Crippen LogP contribution is -2.31. The first-order valence-corrected chi connectivity index (χ1v) is 12.7. The van der Waals surface area contributed by atoms with Gasteiger partial charge in [-0.3, -0.25) is 9.69 Å². The molecule has 1 atom stereocenters. The maximum absolute atomic E-state index is 13.7. The van der Waals surface area contributed by atoms with Crippen LogP contribution < -0.4 is 10.2 Å². The Labute approximate surface area is 220 Å². The smallest absolute Gasteiger partial charge is 0.364 e. The average molecular weight is 525 g/mol. The summed E-state index contributed by atoms with van der Waals surface area (Å²) in [7, 11) is 4.03. The largest absolute Gasteiger partial charge is 0.416 e. The SMILES string of the molecule is CN(C)[C@H]1CCN(Cc2cc(NC(=O)c3ccc4c(c3)CN(c3cncnc3)CC4)cc(C(F)(F)F)c2)C1. The van der Waals surface area contributed by atoms with Crippen LogP contribution in [0.4, 0.5) is 24.5 Å². The Hall–Kier alpha value is -3.50. The Kier molecular flexibility index (Phi) is 7.36. The molecule has 0 bridgehead atoms. The first-order valence-electron chi connectivity index (χ1n) is 12.7. The topological polar surface area (TPSA) is 64.6 Å². The molecule has 1 aromatic heterocycles. The average Bonchev–Trinajstić information content (AvgIpc) is 3.37. The number of likely N-dealkylation sites (N-methyl/N-ethyl adjacent to an activating group) is 1. The monoisotopic (exact) mass is 524 g/mol. The molecule has 0 saturated carbocycles. The Balaban J connectivity index is 1.33. The molecule has 1 fully saturated rings. The van der Waals surface area contributed by atoms with E-state index in [1.165, 1.54) is 12.4 Å². The van der Waals surface area contributed by atoms with E-state index in [2.05, 4.69) is 30.0 Å². The number of nitrogens with zero attached hydrogens (tertiary/aromatic N) is 5. The zero-order valence-electron chi connectivity index (χ0n) is 21.5. The Morgan fingerprint density at radius 1 is 1.08 bits per heavy atom. The molecule has 3 heterocycles. The van der Waals surface area contributed by atoms with Crippen LogP contribution in [0.25, 0.3) is 0 Å². The zero-order chi connectivity index (χ0) is 26.9. The number of likely N-dealkylation sites (tertiary alicyclic amines) is 1. The second-order valence-electron chi connectivity index (χ2n) is 10.3. The Morgan fingerprint density at radius 2 is 1.87 bits per heavy atom. The molecular formula is C28H31F3N6O. The highest BCUT2D eigenvalue weighted by Crippen LogP contribution is 2.33. The van der Waals surface area contributed by atoms with Crippen molar-refractivity contribution in [3.8, 4) is 0 Å². The maximum Gasteiger partial charge on any atom is 0.416 e. The van der Waals surface area contributed by atoms with Gasteiger partial charge in [0.15, 0.2) is 0 Å². The predicted octanol–water partition coefficient (Wildman–Crippen LogP) is 4.45. The van der Waals surface area contributed by atoms with E-state index in [0.717, 1.165) is 55.4 Å². The molecule has 0 radical (unpaired) electrons. The molecular weight excluding hydrogens is 493 g/mol. The van der Waals surface area contributed by atoms with Gasteiger partial charge in [0, 0.05) is 50.0 Å². The minimum atomic E-state index is -4.51. The summed E-state index contributed by atoms with van der Waals surface area (Å²) in [5.74, 6) is -0.438. The van der Waals surface area contributed by atoms with E-state index in [4.69, 9.17) is 0 Å². The second-order valence-corrected chi connectivity index (χ2v) is 10.3. The standard InChI is InChI=1S/C28H31F3N6O/c1-35(2)25-6-7-36(17-25)15-19-9-23(28(29,30)31)12-24(10-19)34-27(38)21-4-3-20-5-8-37(16-22(20)11-21)26-13-32-18-33-14-26/h3-4,9-14,18,25H,5-8,15-17H2,1-2H3,(H,34,38)/t25-/m0/s1. The van der Waals surface area contributed by atoms with E-state index >= 15 is 0 Å². The van der Waals surface area contributed by atoms with Gasteiger partial charge in [-0.15, -0.1) is 0 Å². The van der Waals surface area contributed by atoms with Crippen LogP contribution in [0.15, 0.2) is 55.1 Å². The molecule has 2 aliphatic heterocycles. The van der Waals surface area contributed by atoms with Crippen molar-refractivity contribution in [2.75, 3.05) is 43.9 Å². The van der Waals surface area contributed by atoms with Gasteiger partial charge >= 0.3 is 6.18 Å². The van der Waals surface area contributed by atoms with Gasteiger partial charge in [-0.1, -0.05) is 6.07 Å². The van der Waals surface area contributed by atoms with E-state index in [1.54, 1.807) is 24.5 Å². The van der Waals surface area contributed by atoms with Gasteiger partial charge in [-0.25, -0.2) is 9.97 Å². The molecule has 0 aliphatic carbocycles. The van der Waals surface area contributed by atoms with Crippen LogP contribution in [-0.2, 0) is 25.7 Å². The molecule has 0 spiro atoms. The minimum absolute atomic E-state index is 0.143. The number of fused-ring (bicyclic) bond motifs is 1. The maximum atomic E-state index is 13.7. The number of benzene rings is 2. The third kappa shape index (κ3) is 5.97. The van der Waals surface area contributed by atoms with Gasteiger partial charge in [0.05, 0.1) is 23.6 Å². The molecule has 3 aromatic rings. The number of alkyl halides is 3. The molecule has 7 nitrogen and oxygen atoms in total. The lowest BCUT2D eigenvalue weighted by Gasteiger charge is -2.30. The van der Waals surface area contributed by atoms with Gasteiger partial charge in [0.1, 0.15) is 6.33 Å². The van der Waals surface area contributed by atoms with Crippen molar-refractivity contribution in [3.05, 3.63) is 82.9 Å². The number of anilines is 2. The van der Waals surface area contributed by atoms with Crippen molar-refractivity contribution < 1.29 is 18.0 Å². The predicted molar refractivity (Wildman–Crippen MR) is 140 cm³/mol. The minimum Gasteiger partial charge on any atom is -0.364 e. The fourth-order valence-corrected chi connectivity index (χ4v) is 5.23. The van der Waals surface area contributed by atoms with Crippen molar-refractivity contribution in [3.63, 3.8) is 0 Å². The molecule has 5 rings (SSSR count). The van der Waals surface area contributed by atoms with E-state index in [-0.39, 0.29) is 5.69 Å². The first kappa shape index (κ1) is 26.1. The lowest BCUT2D eigenvalue weighted by molar-refractivity contribution is -0.137. The highest BCUT2D eigenvalue weighted by molar-refractivity contribution is 6.04. The number of carbonyl (C=O) groups is 1.